The first-order valence-corrected chi connectivity index (χ1v) is 11.5. The summed E-state index contributed by atoms with van der Waals surface area (Å²) in [5, 5.41) is 24.8. The van der Waals surface area contributed by atoms with Crippen molar-refractivity contribution in [3.05, 3.63) is 82.9 Å². The Labute approximate surface area is 195 Å². The van der Waals surface area contributed by atoms with Crippen molar-refractivity contribution >= 4 is 33.5 Å². The van der Waals surface area contributed by atoms with Crippen LogP contribution < -0.4 is 16.0 Å². The lowest BCUT2D eigenvalue weighted by atomic mass is 10.1. The summed E-state index contributed by atoms with van der Waals surface area (Å²) < 4.78 is 5.42. The first-order chi connectivity index (χ1) is 16.2. The Bertz CT molecular complexity index is 1300. The molecule has 0 aliphatic carbocycles. The average Bonchev–Trinajstić information content (AvgIpc) is 3.61. The Morgan fingerprint density at radius 1 is 1.15 bits per heavy atom. The molecule has 164 valence electrons. The van der Waals surface area contributed by atoms with Gasteiger partial charge in [0.05, 0.1) is 5.69 Å². The molecule has 2 aromatic heterocycles. The fourth-order valence-electron chi connectivity index (χ4n) is 3.79. The van der Waals surface area contributed by atoms with Crippen molar-refractivity contribution in [2.24, 2.45) is 0 Å². The van der Waals surface area contributed by atoms with Crippen LogP contribution in [-0.4, -0.2) is 30.1 Å². The van der Waals surface area contributed by atoms with Crippen LogP contribution in [0.3, 0.4) is 0 Å². The van der Waals surface area contributed by atoms with E-state index in [0.717, 1.165) is 30.8 Å². The summed E-state index contributed by atoms with van der Waals surface area (Å²) in [5.41, 5.74) is 3.14. The van der Waals surface area contributed by atoms with E-state index in [9.17, 15) is 10.1 Å². The molecule has 7 nitrogen and oxygen atoms in total. The van der Waals surface area contributed by atoms with Gasteiger partial charge in [0.1, 0.15) is 27.2 Å². The van der Waals surface area contributed by atoms with Crippen molar-refractivity contribution in [3.63, 3.8) is 0 Å². The minimum absolute atomic E-state index is 0.129. The van der Waals surface area contributed by atoms with Crippen molar-refractivity contribution in [3.8, 4) is 17.3 Å². The van der Waals surface area contributed by atoms with E-state index < -0.39 is 0 Å². The molecule has 3 N–H and O–H groups in total. The predicted molar refractivity (Wildman–Crippen MR) is 129 cm³/mol. The maximum Gasteiger partial charge on any atom is 0.243 e. The number of aromatic nitrogens is 1. The van der Waals surface area contributed by atoms with Gasteiger partial charge in [-0.3, -0.25) is 4.79 Å². The normalized spacial score (nSPS) is 15.2. The number of thiophene rings is 1. The van der Waals surface area contributed by atoms with Crippen LogP contribution in [0.25, 0.3) is 11.3 Å². The lowest BCUT2D eigenvalue weighted by Crippen LogP contribution is -2.21. The molecule has 1 atom stereocenters. The number of carbonyl (C=O) groups excluding carboxylic acids is 1. The van der Waals surface area contributed by atoms with Gasteiger partial charge >= 0.3 is 0 Å². The Morgan fingerprint density at radius 2 is 1.91 bits per heavy atom. The van der Waals surface area contributed by atoms with Crippen LogP contribution in [0.1, 0.15) is 27.4 Å². The predicted octanol–water partition coefficient (Wildman–Crippen LogP) is 5.02. The van der Waals surface area contributed by atoms with Crippen LogP contribution in [0, 0.1) is 11.3 Å². The highest BCUT2D eigenvalue weighted by atomic mass is 32.1. The molecule has 2 aromatic carbocycles. The van der Waals surface area contributed by atoms with Gasteiger partial charge in [0.2, 0.25) is 11.5 Å². The highest BCUT2D eigenvalue weighted by Crippen LogP contribution is 2.41. The third kappa shape index (κ3) is 4.37. The molecule has 33 heavy (non-hydrogen) atoms. The minimum atomic E-state index is -0.317. The van der Waals surface area contributed by atoms with Crippen LogP contribution in [0.15, 0.2) is 71.3 Å². The van der Waals surface area contributed by atoms with E-state index in [1.54, 1.807) is 6.07 Å². The van der Waals surface area contributed by atoms with E-state index in [1.165, 1.54) is 11.3 Å². The van der Waals surface area contributed by atoms with Crippen LogP contribution in [-0.2, 0) is 0 Å². The van der Waals surface area contributed by atoms with E-state index in [1.807, 2.05) is 60.7 Å². The molecule has 0 spiro atoms. The van der Waals surface area contributed by atoms with E-state index >= 15 is 0 Å². The van der Waals surface area contributed by atoms with Crippen molar-refractivity contribution in [1.29, 1.82) is 5.26 Å². The van der Waals surface area contributed by atoms with Crippen LogP contribution in [0.4, 0.5) is 16.4 Å². The monoisotopic (exact) mass is 455 g/mol. The Kier molecular flexibility index (Phi) is 5.89. The number of nitriles is 1. The third-order valence-corrected chi connectivity index (χ3v) is 6.59. The number of carbonyl (C=O) groups is 1. The molecule has 1 unspecified atom stereocenters. The van der Waals surface area contributed by atoms with Gasteiger partial charge in [0, 0.05) is 29.9 Å². The van der Waals surface area contributed by atoms with E-state index in [2.05, 4.69) is 27.2 Å². The standard InChI is InChI=1S/C25H21N5O2S/c26-14-19-22(28-17-9-5-2-6-10-17)24(33-25(19)29-18-11-12-27-15-18)23(31)21-13-20(30-32-21)16-7-3-1-4-8-16/h1-10,13,18,27-29H,11-12,15H2. The Morgan fingerprint density at radius 3 is 2.61 bits per heavy atom. The van der Waals surface area contributed by atoms with Gasteiger partial charge in [-0.1, -0.05) is 53.7 Å². The van der Waals surface area contributed by atoms with Gasteiger partial charge in [0.15, 0.2) is 0 Å². The van der Waals surface area contributed by atoms with Gasteiger partial charge in [-0.05, 0) is 25.1 Å². The van der Waals surface area contributed by atoms with E-state index in [-0.39, 0.29) is 17.6 Å². The minimum Gasteiger partial charge on any atom is -0.372 e. The summed E-state index contributed by atoms with van der Waals surface area (Å²) >= 11 is 1.26. The Hall–Kier alpha value is -3.93. The van der Waals surface area contributed by atoms with Crippen molar-refractivity contribution in [1.82, 2.24) is 10.5 Å². The van der Waals surface area contributed by atoms with Crippen molar-refractivity contribution in [2.75, 3.05) is 23.7 Å². The fourth-order valence-corrected chi connectivity index (χ4v) is 4.91. The van der Waals surface area contributed by atoms with E-state index in [4.69, 9.17) is 4.52 Å². The van der Waals surface area contributed by atoms with Crippen LogP contribution in [0.5, 0.6) is 0 Å². The maximum absolute atomic E-state index is 13.5. The van der Waals surface area contributed by atoms with Crippen molar-refractivity contribution < 1.29 is 9.32 Å². The first-order valence-electron chi connectivity index (χ1n) is 10.7. The zero-order valence-electron chi connectivity index (χ0n) is 17.7. The smallest absolute Gasteiger partial charge is 0.243 e. The highest BCUT2D eigenvalue weighted by Gasteiger charge is 2.28. The fraction of sp³-hybridized carbons (Fsp3) is 0.160. The van der Waals surface area contributed by atoms with Gasteiger partial charge in [-0.15, -0.1) is 11.3 Å². The van der Waals surface area contributed by atoms with Gasteiger partial charge in [-0.2, -0.15) is 5.26 Å². The second kappa shape index (κ2) is 9.28. The topological polar surface area (TPSA) is 103 Å². The molecule has 8 heteroatoms. The largest absolute Gasteiger partial charge is 0.372 e. The first kappa shape index (κ1) is 20.9. The molecule has 0 saturated carbocycles. The zero-order chi connectivity index (χ0) is 22.6. The summed E-state index contributed by atoms with van der Waals surface area (Å²) in [4.78, 5) is 13.9. The number of hydrogen-bond acceptors (Lipinski definition) is 8. The molecule has 0 amide bonds. The van der Waals surface area contributed by atoms with Gasteiger partial charge in [0.25, 0.3) is 0 Å². The number of anilines is 3. The van der Waals surface area contributed by atoms with Gasteiger partial charge in [-0.25, -0.2) is 0 Å². The summed E-state index contributed by atoms with van der Waals surface area (Å²) in [6, 6.07) is 23.2. The number of nitrogens with one attached hydrogen (secondary N) is 3. The number of benzene rings is 2. The number of ketones is 1. The molecule has 1 saturated heterocycles. The van der Waals surface area contributed by atoms with Crippen LogP contribution in [0.2, 0.25) is 0 Å². The zero-order valence-corrected chi connectivity index (χ0v) is 18.5. The molecule has 0 bridgehead atoms. The molecule has 1 fully saturated rings. The maximum atomic E-state index is 13.5. The molecule has 1 aliphatic rings. The average molecular weight is 456 g/mol. The second-order valence-corrected chi connectivity index (χ2v) is 8.74. The number of para-hydroxylation sites is 1. The lowest BCUT2D eigenvalue weighted by molar-refractivity contribution is 0.100. The molecule has 3 heterocycles. The lowest BCUT2D eigenvalue weighted by Gasteiger charge is -2.11. The van der Waals surface area contributed by atoms with Crippen molar-refractivity contribution in [2.45, 2.75) is 12.5 Å². The third-order valence-electron chi connectivity index (χ3n) is 5.47. The summed E-state index contributed by atoms with van der Waals surface area (Å²) in [7, 11) is 0. The van der Waals surface area contributed by atoms with E-state index in [0.29, 0.717) is 26.8 Å². The summed E-state index contributed by atoms with van der Waals surface area (Å²) in [6.45, 7) is 1.74. The van der Waals surface area contributed by atoms with Gasteiger partial charge < -0.3 is 20.5 Å². The Balaban J connectivity index is 1.53. The number of nitrogens with zero attached hydrogens (tertiary/aromatic N) is 2. The highest BCUT2D eigenvalue weighted by molar-refractivity contribution is 7.19. The molecule has 0 radical (unpaired) electrons. The second-order valence-electron chi connectivity index (χ2n) is 7.72. The number of rotatable bonds is 7. The van der Waals surface area contributed by atoms with Crippen LogP contribution >= 0.6 is 11.3 Å². The molecular weight excluding hydrogens is 434 g/mol. The summed E-state index contributed by atoms with van der Waals surface area (Å²) in [6.07, 6.45) is 0.954. The molecular formula is C25H21N5O2S. The molecule has 5 rings (SSSR count). The summed E-state index contributed by atoms with van der Waals surface area (Å²) in [5.74, 6) is -0.188. The molecule has 4 aromatic rings. The quantitative estimate of drug-likeness (QED) is 0.336. The SMILES string of the molecule is N#Cc1c(NC2CCNC2)sc(C(=O)c2cc(-c3ccccc3)no2)c1Nc1ccccc1. The molecule has 1 aliphatic heterocycles. The number of hydrogen-bond donors (Lipinski definition) is 3.